The van der Waals surface area contributed by atoms with Crippen LogP contribution in [0.15, 0.2) is 24.3 Å². The zero-order valence-corrected chi connectivity index (χ0v) is 10.4. The highest BCUT2D eigenvalue weighted by Crippen LogP contribution is 2.04. The van der Waals surface area contributed by atoms with Gasteiger partial charge in [0.15, 0.2) is 0 Å². The number of rotatable bonds is 5. The molecule has 0 radical (unpaired) electrons. The van der Waals surface area contributed by atoms with Crippen LogP contribution in [0, 0.1) is 5.82 Å². The fourth-order valence-corrected chi connectivity index (χ4v) is 1.59. The molecular weight excluding hydrogens is 239 g/mol. The van der Waals surface area contributed by atoms with Crippen molar-refractivity contribution >= 4 is 23.1 Å². The second kappa shape index (κ2) is 6.30. The first kappa shape index (κ1) is 13.6. The summed E-state index contributed by atoms with van der Waals surface area (Å²) in [7, 11) is 0. The molecule has 0 bridgehead atoms. The molecule has 92 valence electrons. The van der Waals surface area contributed by atoms with E-state index >= 15 is 0 Å². The lowest BCUT2D eigenvalue weighted by molar-refractivity contribution is 0.0945. The first-order valence-electron chi connectivity index (χ1n) is 5.40. The van der Waals surface area contributed by atoms with E-state index in [0.717, 1.165) is 6.42 Å². The maximum atomic E-state index is 12.7. The normalized spacial score (nSPS) is 11.9. The van der Waals surface area contributed by atoms with Gasteiger partial charge < -0.3 is 11.1 Å². The molecule has 3 N–H and O–H groups in total. The number of nitrogens with two attached hydrogens (primary N) is 1. The molecule has 1 rings (SSSR count). The molecule has 17 heavy (non-hydrogen) atoms. The van der Waals surface area contributed by atoms with Crippen molar-refractivity contribution in [2.75, 3.05) is 0 Å². The predicted molar refractivity (Wildman–Crippen MR) is 69.3 cm³/mol. The number of benzene rings is 1. The van der Waals surface area contributed by atoms with E-state index in [1.807, 2.05) is 6.92 Å². The minimum atomic E-state index is -0.374. The lowest BCUT2D eigenvalue weighted by Crippen LogP contribution is -2.43. The number of nitrogens with one attached hydrogen (secondary N) is 1. The van der Waals surface area contributed by atoms with Gasteiger partial charge in [-0.1, -0.05) is 25.6 Å². The van der Waals surface area contributed by atoms with Crippen LogP contribution in [0.3, 0.4) is 0 Å². The molecule has 0 saturated heterocycles. The van der Waals surface area contributed by atoms with E-state index in [4.69, 9.17) is 18.0 Å². The number of carbonyl (C=O) groups excluding carboxylic acids is 1. The summed E-state index contributed by atoms with van der Waals surface area (Å²) < 4.78 is 12.7. The first-order chi connectivity index (χ1) is 8.04. The number of carbonyl (C=O) groups is 1. The summed E-state index contributed by atoms with van der Waals surface area (Å²) in [4.78, 5) is 12.1. The molecule has 0 aliphatic carbocycles. The predicted octanol–water partition coefficient (Wildman–Crippen LogP) is 2.01. The lowest BCUT2D eigenvalue weighted by Gasteiger charge is -2.16. The Hall–Kier alpha value is -1.49. The fraction of sp³-hybridized carbons (Fsp3) is 0.333. The van der Waals surface area contributed by atoms with Gasteiger partial charge in [0.05, 0.1) is 11.0 Å². The van der Waals surface area contributed by atoms with Crippen molar-refractivity contribution in [3.8, 4) is 0 Å². The third kappa shape index (κ3) is 4.11. The summed E-state index contributed by atoms with van der Waals surface area (Å²) >= 11 is 4.87. The molecule has 1 atom stereocenters. The van der Waals surface area contributed by atoms with E-state index < -0.39 is 0 Å². The van der Waals surface area contributed by atoms with Crippen LogP contribution in [0.5, 0.6) is 0 Å². The van der Waals surface area contributed by atoms with Crippen LogP contribution in [0.4, 0.5) is 4.39 Å². The molecule has 0 heterocycles. The Morgan fingerprint density at radius 3 is 2.53 bits per heavy atom. The monoisotopic (exact) mass is 254 g/mol. The van der Waals surface area contributed by atoms with E-state index in [-0.39, 0.29) is 22.8 Å². The second-order valence-corrected chi connectivity index (χ2v) is 4.20. The molecule has 0 aliphatic rings. The standard InChI is InChI=1S/C12H15FN2OS/c1-2-3-10(11(14)17)15-12(16)8-4-6-9(13)7-5-8/h4-7,10H,2-3H2,1H3,(H2,14,17)(H,15,16). The summed E-state index contributed by atoms with van der Waals surface area (Å²) in [5.74, 6) is -0.669. The second-order valence-electron chi connectivity index (χ2n) is 3.72. The summed E-state index contributed by atoms with van der Waals surface area (Å²) in [6.07, 6.45) is 1.56. The Labute approximate surface area is 105 Å². The van der Waals surface area contributed by atoms with Gasteiger partial charge in [0, 0.05) is 5.56 Å². The highest BCUT2D eigenvalue weighted by molar-refractivity contribution is 7.80. The minimum absolute atomic E-state index is 0.266. The van der Waals surface area contributed by atoms with Gasteiger partial charge >= 0.3 is 0 Å². The van der Waals surface area contributed by atoms with Crippen LogP contribution in [0.2, 0.25) is 0 Å². The van der Waals surface area contributed by atoms with Crippen LogP contribution in [-0.4, -0.2) is 16.9 Å². The van der Waals surface area contributed by atoms with E-state index in [1.165, 1.54) is 24.3 Å². The molecule has 1 amide bonds. The average molecular weight is 254 g/mol. The molecule has 1 unspecified atom stereocenters. The number of amides is 1. The van der Waals surface area contributed by atoms with Crippen LogP contribution < -0.4 is 11.1 Å². The van der Waals surface area contributed by atoms with Crippen molar-refractivity contribution in [3.63, 3.8) is 0 Å². The summed E-state index contributed by atoms with van der Waals surface area (Å²) in [5, 5.41) is 2.73. The Morgan fingerprint density at radius 2 is 2.06 bits per heavy atom. The van der Waals surface area contributed by atoms with Crippen molar-refractivity contribution in [1.29, 1.82) is 0 Å². The van der Waals surface area contributed by atoms with Crippen LogP contribution in [0.25, 0.3) is 0 Å². The number of hydrogen-bond acceptors (Lipinski definition) is 2. The van der Waals surface area contributed by atoms with E-state index in [0.29, 0.717) is 12.0 Å². The lowest BCUT2D eigenvalue weighted by atomic mass is 10.1. The maximum Gasteiger partial charge on any atom is 0.251 e. The van der Waals surface area contributed by atoms with Gasteiger partial charge in [0.25, 0.3) is 5.91 Å². The topological polar surface area (TPSA) is 55.1 Å². The molecular formula is C12H15FN2OS. The van der Waals surface area contributed by atoms with E-state index in [2.05, 4.69) is 5.32 Å². The van der Waals surface area contributed by atoms with Crippen LogP contribution in [-0.2, 0) is 0 Å². The van der Waals surface area contributed by atoms with Crippen molar-refractivity contribution < 1.29 is 9.18 Å². The van der Waals surface area contributed by atoms with Crippen molar-refractivity contribution in [2.24, 2.45) is 5.73 Å². The first-order valence-corrected chi connectivity index (χ1v) is 5.81. The number of thiocarbonyl (C=S) groups is 1. The van der Waals surface area contributed by atoms with Gasteiger partial charge in [0.1, 0.15) is 5.82 Å². The molecule has 0 aliphatic heterocycles. The van der Waals surface area contributed by atoms with E-state index in [9.17, 15) is 9.18 Å². The van der Waals surface area contributed by atoms with Crippen molar-refractivity contribution in [1.82, 2.24) is 5.32 Å². The van der Waals surface area contributed by atoms with Crippen LogP contribution >= 0.6 is 12.2 Å². The Morgan fingerprint density at radius 1 is 1.47 bits per heavy atom. The molecule has 3 nitrogen and oxygen atoms in total. The molecule has 1 aromatic carbocycles. The highest BCUT2D eigenvalue weighted by atomic mass is 32.1. The zero-order valence-electron chi connectivity index (χ0n) is 9.57. The average Bonchev–Trinajstić information content (AvgIpc) is 2.29. The molecule has 0 spiro atoms. The van der Waals surface area contributed by atoms with Gasteiger partial charge in [-0.3, -0.25) is 4.79 Å². The molecule has 5 heteroatoms. The highest BCUT2D eigenvalue weighted by Gasteiger charge is 2.15. The van der Waals surface area contributed by atoms with Gasteiger partial charge in [0.2, 0.25) is 0 Å². The third-order valence-electron chi connectivity index (χ3n) is 2.33. The smallest absolute Gasteiger partial charge is 0.251 e. The molecule has 0 saturated carbocycles. The summed E-state index contributed by atoms with van der Waals surface area (Å²) in [6.45, 7) is 1.98. The Balaban J connectivity index is 2.70. The number of halogens is 1. The Kier molecular flexibility index (Phi) is 5.03. The maximum absolute atomic E-state index is 12.7. The van der Waals surface area contributed by atoms with Gasteiger partial charge in [-0.2, -0.15) is 0 Å². The molecule has 0 fully saturated rings. The fourth-order valence-electron chi connectivity index (χ4n) is 1.42. The number of hydrogen-bond donors (Lipinski definition) is 2. The van der Waals surface area contributed by atoms with E-state index in [1.54, 1.807) is 0 Å². The summed E-state index contributed by atoms with van der Waals surface area (Å²) in [6, 6.07) is 5.02. The Bertz CT molecular complexity index is 405. The van der Waals surface area contributed by atoms with Crippen molar-refractivity contribution in [2.45, 2.75) is 25.8 Å². The van der Waals surface area contributed by atoms with Crippen molar-refractivity contribution in [3.05, 3.63) is 35.6 Å². The largest absolute Gasteiger partial charge is 0.392 e. The van der Waals surface area contributed by atoms with Crippen LogP contribution in [0.1, 0.15) is 30.1 Å². The quantitative estimate of drug-likeness (QED) is 0.790. The van der Waals surface area contributed by atoms with Gasteiger partial charge in [-0.15, -0.1) is 0 Å². The molecule has 1 aromatic rings. The molecule has 0 aromatic heterocycles. The zero-order chi connectivity index (χ0) is 12.8. The minimum Gasteiger partial charge on any atom is -0.392 e. The summed E-state index contributed by atoms with van der Waals surface area (Å²) in [5.41, 5.74) is 5.92. The third-order valence-corrected chi connectivity index (χ3v) is 2.62. The van der Waals surface area contributed by atoms with Gasteiger partial charge in [-0.05, 0) is 30.7 Å². The SMILES string of the molecule is CCCC(NC(=O)c1ccc(F)cc1)C(N)=S. The van der Waals surface area contributed by atoms with Gasteiger partial charge in [-0.25, -0.2) is 4.39 Å².